The van der Waals surface area contributed by atoms with E-state index in [1.54, 1.807) is 12.1 Å². The molecule has 0 aromatic heterocycles. The summed E-state index contributed by atoms with van der Waals surface area (Å²) < 4.78 is 5.05. The number of aromatic carboxylic acids is 1. The summed E-state index contributed by atoms with van der Waals surface area (Å²) in [4.78, 5) is 27.1. The maximum absolute atomic E-state index is 11.5. The number of nitrogens with zero attached hydrogens (tertiary/aromatic N) is 2. The first-order valence-electron chi connectivity index (χ1n) is 16.7. The zero-order valence-corrected chi connectivity index (χ0v) is 27.3. The van der Waals surface area contributed by atoms with Crippen LogP contribution in [0.15, 0.2) is 164 Å². The molecule has 0 fully saturated rings. The van der Waals surface area contributed by atoms with Crippen molar-refractivity contribution in [1.82, 2.24) is 0 Å². The zero-order chi connectivity index (χ0) is 34.5. The Labute approximate surface area is 295 Å². The molecule has 7 heteroatoms. The number of carbonyl (C=O) groups excluding carboxylic acids is 1. The Morgan fingerprint density at radius 3 is 1.82 bits per heavy atom. The van der Waals surface area contributed by atoms with E-state index in [2.05, 4.69) is 119 Å². The van der Waals surface area contributed by atoms with Crippen LogP contribution in [0.1, 0.15) is 10.4 Å². The van der Waals surface area contributed by atoms with Crippen LogP contribution in [0, 0.1) is 0 Å². The average molecular weight is 661 g/mol. The lowest BCUT2D eigenvalue weighted by Gasteiger charge is -2.44. The molecule has 242 valence electrons. The van der Waals surface area contributed by atoms with Gasteiger partial charge in [0.1, 0.15) is 5.75 Å². The Bertz CT molecular complexity index is 2460. The SMILES string of the molecule is O=COc1ccc(-c2ccc3c(c2)N(c2ccccc2)c2cccc4c2B3c2ccccc2N4c2cccc(-c3ccc(C(=O)O)cc3)c2)cc1. The first-order valence-corrected chi connectivity index (χ1v) is 16.7. The van der Waals surface area contributed by atoms with Crippen LogP contribution in [-0.2, 0) is 4.79 Å². The highest BCUT2D eigenvalue weighted by atomic mass is 16.5. The summed E-state index contributed by atoms with van der Waals surface area (Å²) in [7, 11) is 0. The molecule has 7 aromatic carbocycles. The molecule has 0 radical (unpaired) electrons. The number of hydrogen-bond donors (Lipinski definition) is 1. The van der Waals surface area contributed by atoms with E-state index >= 15 is 0 Å². The summed E-state index contributed by atoms with van der Waals surface area (Å²) in [5.74, 6) is -0.435. The highest BCUT2D eigenvalue weighted by Crippen LogP contribution is 2.45. The fourth-order valence-electron chi connectivity index (χ4n) is 7.61. The van der Waals surface area contributed by atoms with Crippen molar-refractivity contribution in [3.05, 3.63) is 169 Å². The number of para-hydroxylation sites is 2. The number of rotatable bonds is 7. The van der Waals surface area contributed by atoms with Gasteiger partial charge < -0.3 is 19.6 Å². The topological polar surface area (TPSA) is 70.1 Å². The van der Waals surface area contributed by atoms with Crippen molar-refractivity contribution in [3.8, 4) is 28.0 Å². The maximum Gasteiger partial charge on any atom is 0.335 e. The van der Waals surface area contributed by atoms with Crippen LogP contribution in [0.4, 0.5) is 34.1 Å². The second-order valence-corrected chi connectivity index (χ2v) is 12.7. The van der Waals surface area contributed by atoms with Gasteiger partial charge in [0.2, 0.25) is 0 Å². The number of carboxylic acids is 1. The van der Waals surface area contributed by atoms with E-state index in [0.29, 0.717) is 12.2 Å². The van der Waals surface area contributed by atoms with Crippen LogP contribution in [0.5, 0.6) is 5.75 Å². The second-order valence-electron chi connectivity index (χ2n) is 12.7. The number of fused-ring (bicyclic) bond motifs is 4. The molecule has 51 heavy (non-hydrogen) atoms. The molecule has 1 N–H and O–H groups in total. The molecule has 9 rings (SSSR count). The third kappa shape index (κ3) is 5.06. The molecule has 0 bridgehead atoms. The molecule has 6 nitrogen and oxygen atoms in total. The van der Waals surface area contributed by atoms with Gasteiger partial charge in [-0.3, -0.25) is 4.79 Å². The van der Waals surface area contributed by atoms with Crippen molar-refractivity contribution in [3.63, 3.8) is 0 Å². The molecule has 0 aliphatic carbocycles. The quantitative estimate of drug-likeness (QED) is 0.137. The van der Waals surface area contributed by atoms with Gasteiger partial charge in [-0.05, 0) is 111 Å². The van der Waals surface area contributed by atoms with Gasteiger partial charge in [-0.15, -0.1) is 0 Å². The Kier molecular flexibility index (Phi) is 7.25. The van der Waals surface area contributed by atoms with E-state index in [9.17, 15) is 14.7 Å². The van der Waals surface area contributed by atoms with Gasteiger partial charge in [0.05, 0.1) is 5.56 Å². The minimum Gasteiger partial charge on any atom is -0.478 e. The predicted molar refractivity (Wildman–Crippen MR) is 205 cm³/mol. The number of anilines is 6. The van der Waals surface area contributed by atoms with Crippen molar-refractivity contribution in [2.75, 3.05) is 9.80 Å². The normalized spacial score (nSPS) is 12.4. The van der Waals surface area contributed by atoms with E-state index in [1.165, 1.54) is 16.4 Å². The van der Waals surface area contributed by atoms with Crippen molar-refractivity contribution < 1.29 is 19.4 Å². The van der Waals surface area contributed by atoms with Crippen molar-refractivity contribution in [2.45, 2.75) is 0 Å². The summed E-state index contributed by atoms with van der Waals surface area (Å²) in [5, 5.41) is 9.44. The van der Waals surface area contributed by atoms with Gasteiger partial charge >= 0.3 is 5.97 Å². The monoisotopic (exact) mass is 660 g/mol. The number of carboxylic acid groups (broad SMARTS) is 1. The third-order valence-corrected chi connectivity index (χ3v) is 9.86. The number of carbonyl (C=O) groups is 2. The summed E-state index contributed by atoms with van der Waals surface area (Å²) >= 11 is 0. The average Bonchev–Trinajstić information content (AvgIpc) is 3.18. The maximum atomic E-state index is 11.5. The van der Waals surface area contributed by atoms with Crippen LogP contribution in [0.2, 0.25) is 0 Å². The molecule has 0 atom stereocenters. The lowest BCUT2D eigenvalue weighted by Crippen LogP contribution is -2.61. The standard InChI is InChI=1S/C44H29BN2O4/c48-28-51-36-23-20-30(21-24-36)33-22-25-38-42(27-33)46(34-9-2-1-3-10-34)40-14-7-15-41-43(40)45(38)37-12-4-5-13-39(37)47(41)35-11-6-8-32(26-35)29-16-18-31(19-17-29)44(49)50/h1-28H,(H,49,50). The van der Waals surface area contributed by atoms with Gasteiger partial charge in [0.15, 0.2) is 0 Å². The zero-order valence-electron chi connectivity index (χ0n) is 27.3. The molecule has 0 spiro atoms. The van der Waals surface area contributed by atoms with Gasteiger partial charge in [-0.25, -0.2) is 4.79 Å². The third-order valence-electron chi connectivity index (χ3n) is 9.86. The van der Waals surface area contributed by atoms with Crippen molar-refractivity contribution in [2.24, 2.45) is 0 Å². The molecule has 2 heterocycles. The molecule has 0 unspecified atom stereocenters. The minimum absolute atomic E-state index is 0.0113. The Morgan fingerprint density at radius 1 is 0.529 bits per heavy atom. The highest BCUT2D eigenvalue weighted by Gasteiger charge is 2.43. The molecule has 2 aliphatic rings. The Hall–Kier alpha value is -6.86. The molecule has 7 aromatic rings. The van der Waals surface area contributed by atoms with Crippen LogP contribution < -0.4 is 30.9 Å². The van der Waals surface area contributed by atoms with Gasteiger partial charge in [0.25, 0.3) is 13.2 Å². The Balaban J connectivity index is 1.23. The van der Waals surface area contributed by atoms with Gasteiger partial charge in [-0.1, -0.05) is 91.0 Å². The molecule has 2 aliphatic heterocycles. The first-order chi connectivity index (χ1) is 25.1. The minimum atomic E-state index is -0.939. The van der Waals surface area contributed by atoms with E-state index in [1.807, 2.05) is 42.5 Å². The number of hydrogen-bond acceptors (Lipinski definition) is 5. The smallest absolute Gasteiger partial charge is 0.335 e. The fraction of sp³-hybridized carbons (Fsp3) is 0. The van der Waals surface area contributed by atoms with E-state index in [4.69, 9.17) is 4.74 Å². The first kappa shape index (κ1) is 30.2. The van der Waals surface area contributed by atoms with E-state index in [-0.39, 0.29) is 12.3 Å². The number of benzene rings is 7. The van der Waals surface area contributed by atoms with Crippen LogP contribution in [0.25, 0.3) is 22.3 Å². The lowest BCUT2D eigenvalue weighted by atomic mass is 9.33. The van der Waals surface area contributed by atoms with Gasteiger partial charge in [-0.2, -0.15) is 0 Å². The summed E-state index contributed by atoms with van der Waals surface area (Å²) in [6.45, 7) is 0.432. The summed E-state index contributed by atoms with van der Waals surface area (Å²) in [6.07, 6.45) is 0. The van der Waals surface area contributed by atoms with Crippen molar-refractivity contribution in [1.29, 1.82) is 0 Å². The molecule has 0 amide bonds. The van der Waals surface area contributed by atoms with E-state index < -0.39 is 5.97 Å². The molecule has 0 saturated heterocycles. The van der Waals surface area contributed by atoms with Crippen molar-refractivity contribution >= 4 is 69.7 Å². The second kappa shape index (κ2) is 12.2. The van der Waals surface area contributed by atoms with Crippen LogP contribution >= 0.6 is 0 Å². The summed E-state index contributed by atoms with van der Waals surface area (Å²) in [5.41, 5.74) is 14.5. The predicted octanol–water partition coefficient (Wildman–Crippen LogP) is 8.34. The summed E-state index contributed by atoms with van der Waals surface area (Å²) in [6, 6.07) is 55.4. The largest absolute Gasteiger partial charge is 0.478 e. The highest BCUT2D eigenvalue weighted by molar-refractivity contribution is 7.00. The van der Waals surface area contributed by atoms with Crippen LogP contribution in [0.3, 0.4) is 0 Å². The molecule has 0 saturated carbocycles. The van der Waals surface area contributed by atoms with Gasteiger partial charge in [0, 0.05) is 34.1 Å². The molecular weight excluding hydrogens is 631 g/mol. The Morgan fingerprint density at radius 2 is 1.10 bits per heavy atom. The fourth-order valence-corrected chi connectivity index (χ4v) is 7.61. The lowest BCUT2D eigenvalue weighted by molar-refractivity contribution is -0.120. The van der Waals surface area contributed by atoms with Crippen LogP contribution in [-0.4, -0.2) is 24.3 Å². The number of ether oxygens (including phenoxy) is 1. The molecular formula is C44H29BN2O4. The van der Waals surface area contributed by atoms with E-state index in [0.717, 1.165) is 56.4 Å².